The van der Waals surface area contributed by atoms with E-state index >= 15 is 0 Å². The van der Waals surface area contributed by atoms with Crippen molar-refractivity contribution in [2.75, 3.05) is 39.3 Å². The molecule has 0 spiro atoms. The topological polar surface area (TPSA) is 59.4 Å². The smallest absolute Gasteiger partial charge is 0.266 e. The predicted octanol–water partition coefficient (Wildman–Crippen LogP) is 4.60. The number of aliphatic hydroxyl groups is 1. The number of carbonyl (C=O) groups excluding carboxylic acids is 1. The van der Waals surface area contributed by atoms with E-state index in [9.17, 15) is 9.90 Å². The second-order valence-electron chi connectivity index (χ2n) is 9.95. The van der Waals surface area contributed by atoms with Gasteiger partial charge in [0.15, 0.2) is 5.17 Å². The minimum atomic E-state index is -0.632. The van der Waals surface area contributed by atoms with Crippen LogP contribution in [0.3, 0.4) is 0 Å². The van der Waals surface area contributed by atoms with Crippen LogP contribution in [0.15, 0.2) is 70.6 Å². The lowest BCUT2D eigenvalue weighted by atomic mass is 9.94. The van der Waals surface area contributed by atoms with E-state index < -0.39 is 6.10 Å². The lowest BCUT2D eigenvalue weighted by Crippen LogP contribution is -2.53. The van der Waals surface area contributed by atoms with Crippen LogP contribution in [0.2, 0.25) is 0 Å². The van der Waals surface area contributed by atoms with E-state index in [-0.39, 0.29) is 12.5 Å². The molecule has 190 valence electrons. The van der Waals surface area contributed by atoms with E-state index in [0.717, 1.165) is 43.5 Å². The zero-order valence-corrected chi connectivity index (χ0v) is 21.7. The number of aliphatic hydroxyl groups excluding tert-OH is 1. The molecular formula is C29H36N4O2S. The molecule has 1 unspecified atom stereocenters. The molecule has 3 fully saturated rings. The van der Waals surface area contributed by atoms with Gasteiger partial charge in [-0.1, -0.05) is 67.8 Å². The molecular weight excluding hydrogens is 468 g/mol. The minimum Gasteiger partial charge on any atom is -0.390 e. The number of nitrogens with zero attached hydrogens (tertiary/aromatic N) is 4. The van der Waals surface area contributed by atoms with E-state index in [1.54, 1.807) is 4.90 Å². The van der Waals surface area contributed by atoms with E-state index in [1.807, 2.05) is 66.7 Å². The molecule has 1 saturated carbocycles. The van der Waals surface area contributed by atoms with Crippen molar-refractivity contribution >= 4 is 34.6 Å². The molecule has 1 amide bonds. The SMILES string of the molecule is O=C1/C(=C\c2ccccc2)SC(=Nc2ccccc2)N1CC(O)CN1CCN(C2CCCCC2)CC1. The number of piperazine rings is 1. The van der Waals surface area contributed by atoms with Crippen molar-refractivity contribution in [3.63, 3.8) is 0 Å². The fourth-order valence-corrected chi connectivity index (χ4v) is 6.40. The van der Waals surface area contributed by atoms with Crippen molar-refractivity contribution in [3.05, 3.63) is 71.1 Å². The summed E-state index contributed by atoms with van der Waals surface area (Å²) in [6.45, 7) is 4.90. The summed E-state index contributed by atoms with van der Waals surface area (Å²) in [5, 5.41) is 11.6. The van der Waals surface area contributed by atoms with Gasteiger partial charge in [-0.15, -0.1) is 0 Å². The molecule has 0 radical (unpaired) electrons. The van der Waals surface area contributed by atoms with Gasteiger partial charge in [-0.25, -0.2) is 4.99 Å². The van der Waals surface area contributed by atoms with Gasteiger partial charge >= 0.3 is 0 Å². The van der Waals surface area contributed by atoms with Gasteiger partial charge in [-0.05, 0) is 48.4 Å². The van der Waals surface area contributed by atoms with Gasteiger partial charge in [0, 0.05) is 38.8 Å². The van der Waals surface area contributed by atoms with Crippen LogP contribution in [0.1, 0.15) is 37.7 Å². The third kappa shape index (κ3) is 6.45. The molecule has 5 rings (SSSR count). The summed E-state index contributed by atoms with van der Waals surface area (Å²) in [6, 6.07) is 20.3. The average molecular weight is 505 g/mol. The predicted molar refractivity (Wildman–Crippen MR) is 148 cm³/mol. The second kappa shape index (κ2) is 12.2. The Morgan fingerprint density at radius 1 is 0.917 bits per heavy atom. The van der Waals surface area contributed by atoms with Crippen LogP contribution < -0.4 is 0 Å². The Morgan fingerprint density at radius 3 is 2.28 bits per heavy atom. The van der Waals surface area contributed by atoms with Crippen molar-refractivity contribution in [2.24, 2.45) is 4.99 Å². The number of aliphatic imine (C=N–C) groups is 1. The molecule has 36 heavy (non-hydrogen) atoms. The normalized spacial score (nSPS) is 23.6. The Hall–Kier alpha value is -2.45. The molecule has 1 aliphatic carbocycles. The number of amidine groups is 1. The van der Waals surface area contributed by atoms with Gasteiger partial charge in [-0.2, -0.15) is 0 Å². The third-order valence-corrected chi connectivity index (χ3v) is 8.33. The van der Waals surface area contributed by atoms with Crippen molar-refractivity contribution in [3.8, 4) is 0 Å². The molecule has 0 aromatic heterocycles. The molecule has 2 saturated heterocycles. The monoisotopic (exact) mass is 504 g/mol. The third-order valence-electron chi connectivity index (χ3n) is 7.33. The number of thioether (sulfide) groups is 1. The van der Waals surface area contributed by atoms with Gasteiger partial charge in [0.05, 0.1) is 23.2 Å². The fourth-order valence-electron chi connectivity index (χ4n) is 5.39. The highest BCUT2D eigenvalue weighted by atomic mass is 32.2. The quantitative estimate of drug-likeness (QED) is 0.559. The zero-order chi connectivity index (χ0) is 24.7. The standard InChI is InChI=1S/C29H36N4O2S/c34-26(21-31-16-18-32(19-17-31)25-14-8-3-9-15-25)22-33-28(35)27(20-23-10-4-1-5-11-23)36-29(33)30-24-12-6-2-7-13-24/h1-2,4-7,10-13,20,25-26,34H,3,8-9,14-19,21-22H2/b27-20+,30-29?. The number of para-hydroxylation sites is 1. The van der Waals surface area contributed by atoms with E-state index in [2.05, 4.69) is 9.80 Å². The summed E-state index contributed by atoms with van der Waals surface area (Å²) in [6.07, 6.45) is 8.04. The lowest BCUT2D eigenvalue weighted by Gasteiger charge is -2.41. The van der Waals surface area contributed by atoms with E-state index in [0.29, 0.717) is 16.6 Å². The molecule has 3 aliphatic rings. The minimum absolute atomic E-state index is 0.0975. The van der Waals surface area contributed by atoms with Crippen LogP contribution in [0.25, 0.3) is 6.08 Å². The summed E-state index contributed by atoms with van der Waals surface area (Å²) >= 11 is 1.38. The summed E-state index contributed by atoms with van der Waals surface area (Å²) in [5.41, 5.74) is 1.78. The Morgan fingerprint density at radius 2 is 1.58 bits per heavy atom. The van der Waals surface area contributed by atoms with Crippen LogP contribution >= 0.6 is 11.8 Å². The molecule has 1 N–H and O–H groups in total. The highest BCUT2D eigenvalue weighted by Crippen LogP contribution is 2.34. The number of benzene rings is 2. The second-order valence-corrected chi connectivity index (χ2v) is 11.0. The van der Waals surface area contributed by atoms with E-state index in [1.165, 1.54) is 43.9 Å². The fraction of sp³-hybridized carbons (Fsp3) is 0.448. The van der Waals surface area contributed by atoms with Crippen molar-refractivity contribution in [2.45, 2.75) is 44.2 Å². The van der Waals surface area contributed by atoms with Crippen LogP contribution in [-0.2, 0) is 4.79 Å². The Balaban J connectivity index is 1.24. The highest BCUT2D eigenvalue weighted by molar-refractivity contribution is 8.18. The number of hydrogen-bond acceptors (Lipinski definition) is 6. The van der Waals surface area contributed by atoms with Crippen LogP contribution in [0, 0.1) is 0 Å². The summed E-state index contributed by atoms with van der Waals surface area (Å²) in [4.78, 5) is 25.4. The van der Waals surface area contributed by atoms with E-state index in [4.69, 9.17) is 4.99 Å². The maximum atomic E-state index is 13.4. The Bertz CT molecular complexity index is 1060. The van der Waals surface area contributed by atoms with Crippen LogP contribution in [0.5, 0.6) is 0 Å². The zero-order valence-electron chi connectivity index (χ0n) is 20.8. The first-order valence-corrected chi connectivity index (χ1v) is 14.0. The van der Waals surface area contributed by atoms with Crippen molar-refractivity contribution in [1.29, 1.82) is 0 Å². The number of β-amino-alcohol motifs (C(OH)–C–C–N with tert-alkyl or cyclic N) is 1. The molecule has 1 atom stereocenters. The summed E-state index contributed by atoms with van der Waals surface area (Å²) < 4.78 is 0. The van der Waals surface area contributed by atoms with Crippen LogP contribution in [0.4, 0.5) is 5.69 Å². The summed E-state index contributed by atoms with van der Waals surface area (Å²) in [7, 11) is 0. The molecule has 2 aromatic rings. The first-order chi connectivity index (χ1) is 17.7. The first kappa shape index (κ1) is 25.2. The molecule has 2 heterocycles. The van der Waals surface area contributed by atoms with Crippen molar-refractivity contribution < 1.29 is 9.90 Å². The van der Waals surface area contributed by atoms with Gasteiger partial charge in [0.1, 0.15) is 0 Å². The Labute approximate surface area is 218 Å². The number of carbonyl (C=O) groups is 1. The molecule has 2 aromatic carbocycles. The van der Waals surface area contributed by atoms with Crippen LogP contribution in [-0.4, -0.2) is 82.3 Å². The highest BCUT2D eigenvalue weighted by Gasteiger charge is 2.35. The number of amides is 1. The maximum Gasteiger partial charge on any atom is 0.266 e. The lowest BCUT2D eigenvalue weighted by molar-refractivity contribution is -0.123. The first-order valence-electron chi connectivity index (χ1n) is 13.2. The largest absolute Gasteiger partial charge is 0.390 e. The number of hydrogen-bond donors (Lipinski definition) is 1. The summed E-state index contributed by atoms with van der Waals surface area (Å²) in [5.74, 6) is -0.0975. The molecule has 2 aliphatic heterocycles. The van der Waals surface area contributed by atoms with Gasteiger partial charge < -0.3 is 5.11 Å². The molecule has 6 nitrogen and oxygen atoms in total. The van der Waals surface area contributed by atoms with Crippen molar-refractivity contribution in [1.82, 2.24) is 14.7 Å². The maximum absolute atomic E-state index is 13.4. The van der Waals surface area contributed by atoms with Gasteiger partial charge in [0.2, 0.25) is 0 Å². The van der Waals surface area contributed by atoms with Gasteiger partial charge in [0.25, 0.3) is 5.91 Å². The average Bonchev–Trinajstić information content (AvgIpc) is 3.19. The molecule has 7 heteroatoms. The molecule has 0 bridgehead atoms. The number of rotatable bonds is 7. The van der Waals surface area contributed by atoms with Gasteiger partial charge in [-0.3, -0.25) is 19.5 Å². The Kier molecular flexibility index (Phi) is 8.54.